The minimum Gasteiger partial charge on any atom is -0.456 e. The van der Waals surface area contributed by atoms with E-state index in [0.29, 0.717) is 28.3 Å². The molecule has 2 aliphatic heterocycles. The van der Waals surface area contributed by atoms with Gasteiger partial charge in [0.05, 0.1) is 10.6 Å². The molecule has 0 saturated carbocycles. The standard InChI is InChI=1S/C26H15O3P/c27-30-24-18-8-3-1-6-16(18)12-14-22(24)28-20-10-5-11-21(26(20)30)29-23-15-13-17-7-2-4-9-19(17)25(23)30/h1-15H. The third-order valence-electron chi connectivity index (χ3n) is 6.07. The maximum Gasteiger partial charge on any atom is 0.186 e. The Balaban J connectivity index is 1.74. The summed E-state index contributed by atoms with van der Waals surface area (Å²) in [6, 6.07) is 29.7. The molecule has 0 atom stereocenters. The number of benzene rings is 5. The van der Waals surface area contributed by atoms with E-state index in [1.165, 1.54) is 0 Å². The van der Waals surface area contributed by atoms with Crippen molar-refractivity contribution in [1.29, 1.82) is 0 Å². The van der Waals surface area contributed by atoms with Crippen molar-refractivity contribution in [2.24, 2.45) is 0 Å². The summed E-state index contributed by atoms with van der Waals surface area (Å²) in [7, 11) is -3.26. The Labute approximate surface area is 172 Å². The van der Waals surface area contributed by atoms with Gasteiger partial charge in [-0.3, -0.25) is 0 Å². The third kappa shape index (κ3) is 1.89. The lowest BCUT2D eigenvalue weighted by Crippen LogP contribution is -2.35. The van der Waals surface area contributed by atoms with Gasteiger partial charge in [-0.25, -0.2) is 0 Å². The molecule has 4 heteroatoms. The van der Waals surface area contributed by atoms with Crippen molar-refractivity contribution in [2.45, 2.75) is 0 Å². The van der Waals surface area contributed by atoms with Gasteiger partial charge >= 0.3 is 0 Å². The molecule has 0 amide bonds. The normalized spacial score (nSPS) is 14.9. The smallest absolute Gasteiger partial charge is 0.186 e. The van der Waals surface area contributed by atoms with Crippen molar-refractivity contribution in [2.75, 3.05) is 0 Å². The van der Waals surface area contributed by atoms with Gasteiger partial charge in [0.1, 0.15) is 28.3 Å². The van der Waals surface area contributed by atoms with Gasteiger partial charge in [0.2, 0.25) is 0 Å². The van der Waals surface area contributed by atoms with E-state index in [4.69, 9.17) is 9.47 Å². The Morgan fingerprint density at radius 1 is 0.467 bits per heavy atom. The van der Waals surface area contributed by atoms with E-state index in [2.05, 4.69) is 0 Å². The maximum absolute atomic E-state index is 15.4. The van der Waals surface area contributed by atoms with Gasteiger partial charge in [-0.2, -0.15) is 0 Å². The predicted octanol–water partition coefficient (Wildman–Crippen LogP) is 5.84. The van der Waals surface area contributed by atoms with E-state index in [9.17, 15) is 0 Å². The quantitative estimate of drug-likeness (QED) is 0.297. The summed E-state index contributed by atoms with van der Waals surface area (Å²) in [4.78, 5) is 0. The first kappa shape index (κ1) is 16.3. The summed E-state index contributed by atoms with van der Waals surface area (Å²) in [5, 5.41) is 6.20. The molecule has 0 aliphatic carbocycles. The third-order valence-corrected chi connectivity index (χ3v) is 9.33. The zero-order valence-electron chi connectivity index (χ0n) is 15.8. The molecule has 5 aromatic carbocycles. The maximum atomic E-state index is 15.4. The van der Waals surface area contributed by atoms with Crippen molar-refractivity contribution in [3.63, 3.8) is 0 Å². The van der Waals surface area contributed by atoms with Crippen molar-refractivity contribution in [3.8, 4) is 23.0 Å². The molecule has 0 N–H and O–H groups in total. The van der Waals surface area contributed by atoms with E-state index >= 15 is 4.57 Å². The second-order valence-corrected chi connectivity index (χ2v) is 10.2. The fourth-order valence-corrected chi connectivity index (χ4v) is 8.31. The molecular weight excluding hydrogens is 391 g/mol. The van der Waals surface area contributed by atoms with Gasteiger partial charge in [-0.05, 0) is 45.8 Å². The number of ether oxygens (including phenoxy) is 2. The summed E-state index contributed by atoms with van der Waals surface area (Å²) in [6.45, 7) is 0. The van der Waals surface area contributed by atoms with E-state index in [0.717, 1.165) is 32.2 Å². The predicted molar refractivity (Wildman–Crippen MR) is 121 cm³/mol. The Bertz CT molecular complexity index is 1470. The summed E-state index contributed by atoms with van der Waals surface area (Å²) >= 11 is 0. The second-order valence-electron chi connectivity index (χ2n) is 7.68. The Morgan fingerprint density at radius 2 is 0.933 bits per heavy atom. The van der Waals surface area contributed by atoms with Crippen LogP contribution in [0.1, 0.15) is 0 Å². The second kappa shape index (κ2) is 5.53. The highest BCUT2D eigenvalue weighted by Crippen LogP contribution is 2.60. The highest BCUT2D eigenvalue weighted by molar-refractivity contribution is 7.87. The zero-order valence-corrected chi connectivity index (χ0v) is 16.7. The molecule has 0 aromatic heterocycles. The van der Waals surface area contributed by atoms with Gasteiger partial charge in [0.25, 0.3) is 0 Å². The van der Waals surface area contributed by atoms with Gasteiger partial charge in [0, 0.05) is 0 Å². The first-order valence-electron chi connectivity index (χ1n) is 9.89. The largest absolute Gasteiger partial charge is 0.456 e. The SMILES string of the molecule is O=P12c3c(cccc3Oc3ccc4ccccc4c31)Oc1ccc3ccccc3c12. The molecule has 2 aliphatic rings. The average molecular weight is 406 g/mol. The summed E-state index contributed by atoms with van der Waals surface area (Å²) in [5.74, 6) is 2.53. The van der Waals surface area contributed by atoms with Crippen molar-refractivity contribution in [1.82, 2.24) is 0 Å². The van der Waals surface area contributed by atoms with Crippen LogP contribution in [-0.2, 0) is 4.57 Å². The summed E-state index contributed by atoms with van der Waals surface area (Å²) < 4.78 is 28.0. The molecule has 0 radical (unpaired) electrons. The Morgan fingerprint density at radius 3 is 1.47 bits per heavy atom. The van der Waals surface area contributed by atoms with Crippen LogP contribution in [0.2, 0.25) is 0 Å². The fraction of sp³-hybridized carbons (Fsp3) is 0. The average Bonchev–Trinajstić information content (AvgIpc) is 2.78. The van der Waals surface area contributed by atoms with Crippen LogP contribution in [0, 0.1) is 0 Å². The molecule has 2 heterocycles. The minimum absolute atomic E-state index is 0.609. The van der Waals surface area contributed by atoms with Crippen LogP contribution >= 0.6 is 7.14 Å². The van der Waals surface area contributed by atoms with Crippen molar-refractivity contribution in [3.05, 3.63) is 91.0 Å². The number of hydrogen-bond acceptors (Lipinski definition) is 3. The Hall–Kier alpha value is -3.55. The molecular formula is C26H15O3P. The molecule has 0 saturated heterocycles. The van der Waals surface area contributed by atoms with Crippen LogP contribution in [-0.4, -0.2) is 0 Å². The minimum atomic E-state index is -3.26. The van der Waals surface area contributed by atoms with Crippen LogP contribution in [0.25, 0.3) is 21.5 Å². The fourth-order valence-electron chi connectivity index (χ4n) is 4.83. The van der Waals surface area contributed by atoms with Crippen LogP contribution in [0.15, 0.2) is 91.0 Å². The molecule has 30 heavy (non-hydrogen) atoms. The first-order valence-corrected chi connectivity index (χ1v) is 11.6. The molecule has 0 unspecified atom stereocenters. The van der Waals surface area contributed by atoms with Crippen LogP contribution in [0.3, 0.4) is 0 Å². The van der Waals surface area contributed by atoms with Crippen molar-refractivity contribution < 1.29 is 14.0 Å². The summed E-state index contributed by atoms with van der Waals surface area (Å²) in [6.07, 6.45) is 0. The van der Waals surface area contributed by atoms with Crippen molar-refractivity contribution >= 4 is 44.6 Å². The van der Waals surface area contributed by atoms with Crippen LogP contribution in [0.4, 0.5) is 0 Å². The molecule has 0 fully saturated rings. The molecule has 142 valence electrons. The number of hydrogen-bond donors (Lipinski definition) is 0. The Kier molecular flexibility index (Phi) is 3.00. The monoisotopic (exact) mass is 406 g/mol. The topological polar surface area (TPSA) is 35.5 Å². The molecule has 3 nitrogen and oxygen atoms in total. The number of rotatable bonds is 0. The zero-order chi connectivity index (χ0) is 19.9. The lowest BCUT2D eigenvalue weighted by molar-refractivity contribution is 0.462. The molecule has 7 rings (SSSR count). The molecule has 0 spiro atoms. The van der Waals surface area contributed by atoms with Gasteiger partial charge in [-0.15, -0.1) is 0 Å². The van der Waals surface area contributed by atoms with E-state index in [-0.39, 0.29) is 0 Å². The van der Waals surface area contributed by atoms with E-state index in [1.54, 1.807) is 0 Å². The number of fused-ring (bicyclic) bond motifs is 8. The lowest BCUT2D eigenvalue weighted by Gasteiger charge is -2.35. The van der Waals surface area contributed by atoms with Crippen LogP contribution < -0.4 is 25.4 Å². The van der Waals surface area contributed by atoms with Gasteiger partial charge in [0.15, 0.2) is 7.14 Å². The highest BCUT2D eigenvalue weighted by Gasteiger charge is 2.48. The molecule has 5 aromatic rings. The van der Waals surface area contributed by atoms with E-state index in [1.807, 2.05) is 91.0 Å². The van der Waals surface area contributed by atoms with E-state index < -0.39 is 7.14 Å². The van der Waals surface area contributed by atoms with Crippen LogP contribution in [0.5, 0.6) is 23.0 Å². The molecule has 0 bridgehead atoms. The summed E-state index contributed by atoms with van der Waals surface area (Å²) in [5.41, 5.74) is 0. The first-order chi connectivity index (χ1) is 14.7. The van der Waals surface area contributed by atoms with Gasteiger partial charge in [-0.1, -0.05) is 66.7 Å². The highest BCUT2D eigenvalue weighted by atomic mass is 31.2. The van der Waals surface area contributed by atoms with Gasteiger partial charge < -0.3 is 14.0 Å². The lowest BCUT2D eigenvalue weighted by atomic mass is 10.1.